The smallest absolute Gasteiger partial charge is 0.245 e. The molecule has 8 heteroatoms. The lowest BCUT2D eigenvalue weighted by Crippen LogP contribution is -2.46. The number of hydrogen-bond donors (Lipinski definition) is 0. The maximum absolute atomic E-state index is 13.4. The number of carbonyl (C=O) groups excluding carboxylic acids is 2. The minimum atomic E-state index is -0.460. The van der Waals surface area contributed by atoms with Crippen molar-refractivity contribution >= 4 is 58.2 Å². The third kappa shape index (κ3) is 5.18. The molecule has 1 aliphatic heterocycles. The Morgan fingerprint density at radius 2 is 1.48 bits per heavy atom. The highest BCUT2D eigenvalue weighted by atomic mass is 35.5. The van der Waals surface area contributed by atoms with E-state index in [0.717, 1.165) is 11.1 Å². The number of likely N-dealkylation sites (tertiary alicyclic amines) is 1. The van der Waals surface area contributed by atoms with Crippen molar-refractivity contribution in [3.05, 3.63) is 67.6 Å². The van der Waals surface area contributed by atoms with Crippen LogP contribution in [0.1, 0.15) is 30.9 Å². The lowest BCUT2D eigenvalue weighted by atomic mass is 10.1. The van der Waals surface area contributed by atoms with Gasteiger partial charge in [-0.3, -0.25) is 9.59 Å². The third-order valence-corrected chi connectivity index (χ3v) is 6.46. The Labute approximate surface area is 190 Å². The minimum absolute atomic E-state index is 0.00914. The van der Waals surface area contributed by atoms with E-state index in [4.69, 9.17) is 46.4 Å². The predicted octanol–water partition coefficient (Wildman–Crippen LogP) is 5.84. The summed E-state index contributed by atoms with van der Waals surface area (Å²) in [6, 6.07) is 10.1. The van der Waals surface area contributed by atoms with E-state index in [1.165, 1.54) is 0 Å². The van der Waals surface area contributed by atoms with E-state index < -0.39 is 6.04 Å². The number of halogens is 4. The number of carbonyl (C=O) groups is 2. The van der Waals surface area contributed by atoms with E-state index in [-0.39, 0.29) is 11.8 Å². The molecule has 154 valence electrons. The molecule has 0 spiro atoms. The molecule has 1 heterocycles. The van der Waals surface area contributed by atoms with Gasteiger partial charge in [0.1, 0.15) is 6.04 Å². The van der Waals surface area contributed by atoms with Crippen LogP contribution >= 0.6 is 46.4 Å². The molecule has 1 aliphatic rings. The van der Waals surface area contributed by atoms with Crippen LogP contribution in [0.25, 0.3) is 0 Å². The van der Waals surface area contributed by atoms with Gasteiger partial charge in [0.25, 0.3) is 0 Å². The van der Waals surface area contributed by atoms with Gasteiger partial charge in [0.05, 0.1) is 20.1 Å². The van der Waals surface area contributed by atoms with Crippen LogP contribution in [-0.2, 0) is 22.7 Å². The summed E-state index contributed by atoms with van der Waals surface area (Å²) in [7, 11) is 0. The van der Waals surface area contributed by atoms with Crippen molar-refractivity contribution in [1.29, 1.82) is 0 Å². The minimum Gasteiger partial charge on any atom is -0.332 e. The Kier molecular flexibility index (Phi) is 7.33. The van der Waals surface area contributed by atoms with Crippen LogP contribution in [0.2, 0.25) is 20.1 Å². The SMILES string of the molecule is CCN1C(=O)CC[C@@H]1C(=O)N(Cc1ccc(Cl)c(Cl)c1)Cc1ccc(Cl)c(Cl)c1. The normalized spacial score (nSPS) is 16.4. The van der Waals surface area contributed by atoms with Gasteiger partial charge in [0.15, 0.2) is 0 Å². The molecule has 29 heavy (non-hydrogen) atoms. The molecule has 0 aliphatic carbocycles. The Hall–Kier alpha value is -1.46. The number of amides is 2. The van der Waals surface area contributed by atoms with Gasteiger partial charge in [-0.2, -0.15) is 0 Å². The molecule has 2 aromatic carbocycles. The van der Waals surface area contributed by atoms with Crippen molar-refractivity contribution in [2.24, 2.45) is 0 Å². The van der Waals surface area contributed by atoms with Gasteiger partial charge in [-0.1, -0.05) is 58.5 Å². The highest BCUT2D eigenvalue weighted by Gasteiger charge is 2.37. The van der Waals surface area contributed by atoms with Crippen molar-refractivity contribution in [1.82, 2.24) is 9.80 Å². The molecule has 0 radical (unpaired) electrons. The molecule has 1 atom stereocenters. The Balaban J connectivity index is 1.89. The third-order valence-electron chi connectivity index (χ3n) is 4.98. The molecule has 4 nitrogen and oxygen atoms in total. The van der Waals surface area contributed by atoms with E-state index >= 15 is 0 Å². The summed E-state index contributed by atoms with van der Waals surface area (Å²) in [6.45, 7) is 3.05. The van der Waals surface area contributed by atoms with Gasteiger partial charge < -0.3 is 9.80 Å². The van der Waals surface area contributed by atoms with Gasteiger partial charge >= 0.3 is 0 Å². The number of benzene rings is 2. The lowest BCUT2D eigenvalue weighted by molar-refractivity contribution is -0.142. The van der Waals surface area contributed by atoms with Crippen LogP contribution in [0.4, 0.5) is 0 Å². The molecular weight excluding hydrogens is 454 g/mol. The molecule has 0 bridgehead atoms. The van der Waals surface area contributed by atoms with Crippen molar-refractivity contribution < 1.29 is 9.59 Å². The zero-order valence-electron chi connectivity index (χ0n) is 15.8. The first-order valence-corrected chi connectivity index (χ1v) is 10.8. The van der Waals surface area contributed by atoms with Crippen molar-refractivity contribution in [3.63, 3.8) is 0 Å². The zero-order valence-corrected chi connectivity index (χ0v) is 18.8. The van der Waals surface area contributed by atoms with E-state index in [9.17, 15) is 9.59 Å². The van der Waals surface area contributed by atoms with Crippen LogP contribution in [0.15, 0.2) is 36.4 Å². The first kappa shape index (κ1) is 22.2. The molecule has 3 rings (SSSR count). The quantitative estimate of drug-likeness (QED) is 0.528. The summed E-state index contributed by atoms with van der Waals surface area (Å²) in [5.74, 6) is -0.0929. The molecule has 0 N–H and O–H groups in total. The van der Waals surface area contributed by atoms with Crippen molar-refractivity contribution in [2.45, 2.75) is 38.9 Å². The zero-order chi connectivity index (χ0) is 21.1. The second-order valence-electron chi connectivity index (χ2n) is 6.93. The van der Waals surface area contributed by atoms with Gasteiger partial charge in [-0.15, -0.1) is 0 Å². The Bertz CT molecular complexity index is 881. The molecule has 2 aromatic rings. The highest BCUT2D eigenvalue weighted by Crippen LogP contribution is 2.27. The Morgan fingerprint density at radius 1 is 0.966 bits per heavy atom. The van der Waals surface area contributed by atoms with Crippen LogP contribution < -0.4 is 0 Å². The van der Waals surface area contributed by atoms with Crippen molar-refractivity contribution in [2.75, 3.05) is 6.54 Å². The average molecular weight is 474 g/mol. The summed E-state index contributed by atoms with van der Waals surface area (Å²) in [5, 5.41) is 1.77. The highest BCUT2D eigenvalue weighted by molar-refractivity contribution is 6.42. The summed E-state index contributed by atoms with van der Waals surface area (Å²) in [4.78, 5) is 28.9. The van der Waals surface area contributed by atoms with E-state index in [0.29, 0.717) is 52.6 Å². The molecule has 0 saturated carbocycles. The number of hydrogen-bond acceptors (Lipinski definition) is 2. The topological polar surface area (TPSA) is 40.6 Å². The van der Waals surface area contributed by atoms with Crippen LogP contribution in [0.3, 0.4) is 0 Å². The number of rotatable bonds is 6. The summed E-state index contributed by atoms with van der Waals surface area (Å²) in [6.07, 6.45) is 0.905. The van der Waals surface area contributed by atoms with Crippen LogP contribution in [0.5, 0.6) is 0 Å². The van der Waals surface area contributed by atoms with Crippen LogP contribution in [-0.4, -0.2) is 34.2 Å². The summed E-state index contributed by atoms with van der Waals surface area (Å²) < 4.78 is 0. The first-order chi connectivity index (χ1) is 13.8. The lowest BCUT2D eigenvalue weighted by Gasteiger charge is -2.30. The largest absolute Gasteiger partial charge is 0.332 e. The van der Waals surface area contributed by atoms with Crippen LogP contribution in [0, 0.1) is 0 Å². The predicted molar refractivity (Wildman–Crippen MR) is 118 cm³/mol. The average Bonchev–Trinajstić information content (AvgIpc) is 3.07. The standard InChI is InChI=1S/C21H20Cl4N2O2/c1-2-27-19(7-8-20(27)28)21(29)26(11-13-3-5-15(22)17(24)9-13)12-14-4-6-16(23)18(25)10-14/h3-6,9-10,19H,2,7-8,11-12H2,1H3/t19-/m1/s1. The molecule has 0 aromatic heterocycles. The summed E-state index contributed by atoms with van der Waals surface area (Å²) >= 11 is 24.3. The summed E-state index contributed by atoms with van der Waals surface area (Å²) in [5.41, 5.74) is 1.69. The van der Waals surface area contributed by atoms with Crippen molar-refractivity contribution in [3.8, 4) is 0 Å². The maximum atomic E-state index is 13.4. The van der Waals surface area contributed by atoms with Gasteiger partial charge in [-0.05, 0) is 48.7 Å². The van der Waals surface area contributed by atoms with Gasteiger partial charge in [0.2, 0.25) is 11.8 Å². The molecular formula is C21H20Cl4N2O2. The van der Waals surface area contributed by atoms with E-state index in [1.54, 1.807) is 34.1 Å². The fourth-order valence-electron chi connectivity index (χ4n) is 3.53. The molecule has 0 unspecified atom stereocenters. The fraction of sp³-hybridized carbons (Fsp3) is 0.333. The Morgan fingerprint density at radius 3 is 1.93 bits per heavy atom. The number of likely N-dealkylation sites (N-methyl/N-ethyl adjacent to an activating group) is 1. The molecule has 1 fully saturated rings. The second-order valence-corrected chi connectivity index (χ2v) is 8.55. The number of nitrogens with zero attached hydrogens (tertiary/aromatic N) is 2. The van der Waals surface area contributed by atoms with E-state index in [1.807, 2.05) is 19.1 Å². The molecule has 2 amide bonds. The monoisotopic (exact) mass is 472 g/mol. The van der Waals surface area contributed by atoms with Gasteiger partial charge in [0, 0.05) is 26.1 Å². The second kappa shape index (κ2) is 9.57. The van der Waals surface area contributed by atoms with E-state index in [2.05, 4.69) is 0 Å². The van der Waals surface area contributed by atoms with Gasteiger partial charge in [-0.25, -0.2) is 0 Å². The first-order valence-electron chi connectivity index (χ1n) is 9.26. The fourth-order valence-corrected chi connectivity index (χ4v) is 4.17. The maximum Gasteiger partial charge on any atom is 0.245 e. The molecule has 1 saturated heterocycles.